The Morgan fingerprint density at radius 2 is 1.74 bits per heavy atom. The van der Waals surface area contributed by atoms with Crippen LogP contribution in [0.3, 0.4) is 0 Å². The van der Waals surface area contributed by atoms with Gasteiger partial charge in [0.05, 0.1) is 27.7 Å². The monoisotopic (exact) mass is 478 g/mol. The lowest BCUT2D eigenvalue weighted by molar-refractivity contribution is -0.141. The molecule has 2 amide bonds. The molecule has 1 saturated carbocycles. The smallest absolute Gasteiger partial charge is 0.361 e. The molecule has 2 fully saturated rings. The van der Waals surface area contributed by atoms with Gasteiger partial charge in [-0.15, -0.1) is 0 Å². The highest BCUT2D eigenvalue weighted by molar-refractivity contribution is 6.08. The Balaban J connectivity index is 1.32. The van der Waals surface area contributed by atoms with Crippen molar-refractivity contribution in [3.05, 3.63) is 77.6 Å². The molecule has 1 N–H and O–H groups in total. The van der Waals surface area contributed by atoms with Crippen molar-refractivity contribution in [1.29, 1.82) is 0 Å². The summed E-state index contributed by atoms with van der Waals surface area (Å²) in [7, 11) is 0. The van der Waals surface area contributed by atoms with Crippen LogP contribution in [-0.4, -0.2) is 56.8 Å². The fraction of sp³-hybridized carbons (Fsp3) is 0.269. The number of nitrogens with zero attached hydrogens (tertiary/aromatic N) is 3. The van der Waals surface area contributed by atoms with Crippen molar-refractivity contribution in [2.24, 2.45) is 0 Å². The Bertz CT molecular complexity index is 1490. The zero-order chi connectivity index (χ0) is 24.4. The summed E-state index contributed by atoms with van der Waals surface area (Å²) in [6.07, 6.45) is -1.48. The topological polar surface area (TPSA) is 69.3 Å². The minimum atomic E-state index is -4.67. The maximum atomic E-state index is 13.7. The number of carbonyl (C=O) groups excluding carboxylic acids is 2. The Morgan fingerprint density at radius 1 is 0.943 bits per heavy atom. The first kappa shape index (κ1) is 21.6. The van der Waals surface area contributed by atoms with E-state index in [2.05, 4.69) is 9.97 Å². The molecule has 2 aromatic carbocycles. The Labute approximate surface area is 198 Å². The summed E-state index contributed by atoms with van der Waals surface area (Å²) in [5.41, 5.74) is -0.190. The largest absolute Gasteiger partial charge is 0.433 e. The number of nitrogens with one attached hydrogen (secondary N) is 1. The van der Waals surface area contributed by atoms with E-state index in [4.69, 9.17) is 0 Å². The predicted octanol–water partition coefficient (Wildman–Crippen LogP) is 4.87. The number of alkyl halides is 3. The molecule has 0 atom stereocenters. The third-order valence-electron chi connectivity index (χ3n) is 7.07. The predicted molar refractivity (Wildman–Crippen MR) is 124 cm³/mol. The van der Waals surface area contributed by atoms with Gasteiger partial charge in [-0.3, -0.25) is 9.59 Å². The van der Waals surface area contributed by atoms with E-state index in [0.29, 0.717) is 36.9 Å². The Hall–Kier alpha value is -3.88. The average molecular weight is 478 g/mol. The fourth-order valence-electron chi connectivity index (χ4n) is 5.12. The molecule has 3 heterocycles. The molecule has 6 rings (SSSR count). The Morgan fingerprint density at radius 3 is 2.51 bits per heavy atom. The first-order chi connectivity index (χ1) is 16.8. The van der Waals surface area contributed by atoms with Crippen LogP contribution < -0.4 is 0 Å². The van der Waals surface area contributed by atoms with Gasteiger partial charge >= 0.3 is 6.18 Å². The second kappa shape index (κ2) is 7.56. The third kappa shape index (κ3) is 3.53. The first-order valence-electron chi connectivity index (χ1n) is 11.4. The van der Waals surface area contributed by atoms with Gasteiger partial charge in [0.25, 0.3) is 11.8 Å². The molecule has 9 heteroatoms. The number of halogens is 3. The standard InChI is InChI=1S/C26H21F3N4O2/c27-26(28,29)21-14-19(17-5-1-2-7-20(17)31-21)24(35)33-13-12-32(15-25(33)9-10-25)23(34)18-6-3-4-16-8-11-30-22(16)18/h1-8,11,14,30H,9-10,12-13,15H2. The number of benzene rings is 2. The van der Waals surface area contributed by atoms with Gasteiger partial charge in [-0.05, 0) is 37.1 Å². The molecule has 1 spiro atoms. The van der Waals surface area contributed by atoms with Crippen molar-refractivity contribution >= 4 is 33.6 Å². The van der Waals surface area contributed by atoms with E-state index in [9.17, 15) is 22.8 Å². The molecule has 6 nitrogen and oxygen atoms in total. The van der Waals surface area contributed by atoms with Crippen molar-refractivity contribution in [1.82, 2.24) is 19.8 Å². The molecule has 0 radical (unpaired) electrons. The number of rotatable bonds is 2. The van der Waals surface area contributed by atoms with Crippen molar-refractivity contribution in [2.75, 3.05) is 19.6 Å². The normalized spacial score (nSPS) is 17.3. The summed E-state index contributed by atoms with van der Waals surface area (Å²) >= 11 is 0. The highest BCUT2D eigenvalue weighted by Crippen LogP contribution is 2.46. The molecule has 178 valence electrons. The summed E-state index contributed by atoms with van der Waals surface area (Å²) < 4.78 is 40.6. The number of aromatic amines is 1. The lowest BCUT2D eigenvalue weighted by Gasteiger charge is -2.42. The fourth-order valence-corrected chi connectivity index (χ4v) is 5.12. The Kier molecular flexibility index (Phi) is 4.67. The van der Waals surface area contributed by atoms with Crippen molar-refractivity contribution in [2.45, 2.75) is 24.6 Å². The SMILES string of the molecule is O=C(c1cccc2cc[nH]c12)N1CCN(C(=O)c2cc(C(F)(F)F)nc3ccccc23)C2(CC2)C1. The number of hydrogen-bond donors (Lipinski definition) is 1. The van der Waals surface area contributed by atoms with E-state index in [1.807, 2.05) is 18.2 Å². The highest BCUT2D eigenvalue weighted by atomic mass is 19.4. The zero-order valence-electron chi connectivity index (χ0n) is 18.6. The lowest BCUT2D eigenvalue weighted by atomic mass is 10.0. The van der Waals surface area contributed by atoms with Crippen LogP contribution in [0.4, 0.5) is 13.2 Å². The molecule has 2 aromatic heterocycles. The maximum absolute atomic E-state index is 13.7. The van der Waals surface area contributed by atoms with E-state index >= 15 is 0 Å². The molecule has 1 aliphatic heterocycles. The molecule has 2 aliphatic rings. The van der Waals surface area contributed by atoms with Crippen LogP contribution in [-0.2, 0) is 6.18 Å². The lowest BCUT2D eigenvalue weighted by Crippen LogP contribution is -2.58. The highest BCUT2D eigenvalue weighted by Gasteiger charge is 2.54. The summed E-state index contributed by atoms with van der Waals surface area (Å²) in [5.74, 6) is -0.574. The van der Waals surface area contributed by atoms with Crippen molar-refractivity contribution in [3.63, 3.8) is 0 Å². The van der Waals surface area contributed by atoms with Gasteiger partial charge < -0.3 is 14.8 Å². The summed E-state index contributed by atoms with van der Waals surface area (Å²) in [6, 6.07) is 14.7. The van der Waals surface area contributed by atoms with Crippen molar-refractivity contribution < 1.29 is 22.8 Å². The number of piperazine rings is 1. The quantitative estimate of drug-likeness (QED) is 0.447. The van der Waals surface area contributed by atoms with Gasteiger partial charge in [0, 0.05) is 36.6 Å². The van der Waals surface area contributed by atoms with Crippen LogP contribution in [0.2, 0.25) is 0 Å². The van der Waals surface area contributed by atoms with Gasteiger partial charge in [0.15, 0.2) is 0 Å². The van der Waals surface area contributed by atoms with E-state index < -0.39 is 23.3 Å². The molecule has 4 aromatic rings. The molecule has 1 saturated heterocycles. The van der Waals surface area contributed by atoms with Gasteiger partial charge in [-0.1, -0.05) is 30.3 Å². The number of para-hydroxylation sites is 2. The number of pyridine rings is 1. The van der Waals surface area contributed by atoms with Crippen LogP contribution in [0.15, 0.2) is 60.8 Å². The molecule has 1 aliphatic carbocycles. The van der Waals surface area contributed by atoms with Crippen LogP contribution in [0, 0.1) is 0 Å². The number of aromatic nitrogens is 2. The number of carbonyl (C=O) groups is 2. The maximum Gasteiger partial charge on any atom is 0.433 e. The molecular formula is C26H21F3N4O2. The second-order valence-electron chi connectivity index (χ2n) is 9.23. The van der Waals surface area contributed by atoms with Crippen LogP contribution in [0.5, 0.6) is 0 Å². The van der Waals surface area contributed by atoms with Crippen molar-refractivity contribution in [3.8, 4) is 0 Å². The molecule has 0 unspecified atom stereocenters. The first-order valence-corrected chi connectivity index (χ1v) is 11.4. The number of amides is 2. The molecule has 35 heavy (non-hydrogen) atoms. The van der Waals surface area contributed by atoms with Crippen LogP contribution in [0.25, 0.3) is 21.8 Å². The summed E-state index contributed by atoms with van der Waals surface area (Å²) in [5, 5.41) is 1.33. The number of fused-ring (bicyclic) bond motifs is 2. The zero-order valence-corrected chi connectivity index (χ0v) is 18.6. The number of hydrogen-bond acceptors (Lipinski definition) is 3. The summed E-state index contributed by atoms with van der Waals surface area (Å²) in [4.78, 5) is 37.3. The van der Waals surface area contributed by atoms with Crippen LogP contribution >= 0.6 is 0 Å². The van der Waals surface area contributed by atoms with E-state index in [1.54, 1.807) is 40.3 Å². The average Bonchev–Trinajstić information content (AvgIpc) is 3.43. The van der Waals surface area contributed by atoms with E-state index in [0.717, 1.165) is 17.0 Å². The minimum absolute atomic E-state index is 0.00914. The number of H-pyrrole nitrogens is 1. The summed E-state index contributed by atoms with van der Waals surface area (Å²) in [6.45, 7) is 0.908. The van der Waals surface area contributed by atoms with Gasteiger partial charge in [-0.25, -0.2) is 4.98 Å². The third-order valence-corrected chi connectivity index (χ3v) is 7.07. The molecular weight excluding hydrogens is 457 g/mol. The van der Waals surface area contributed by atoms with E-state index in [-0.39, 0.29) is 23.5 Å². The van der Waals surface area contributed by atoms with Gasteiger partial charge in [0.2, 0.25) is 0 Å². The minimum Gasteiger partial charge on any atom is -0.361 e. The molecule has 0 bridgehead atoms. The van der Waals surface area contributed by atoms with Gasteiger partial charge in [0.1, 0.15) is 5.69 Å². The van der Waals surface area contributed by atoms with Gasteiger partial charge in [-0.2, -0.15) is 13.2 Å². The second-order valence-corrected chi connectivity index (χ2v) is 9.23. The van der Waals surface area contributed by atoms with Crippen LogP contribution in [0.1, 0.15) is 39.3 Å². The van der Waals surface area contributed by atoms with E-state index in [1.165, 1.54) is 6.07 Å².